The summed E-state index contributed by atoms with van der Waals surface area (Å²) in [5.74, 6) is 0. The first kappa shape index (κ1) is 18.7. The van der Waals surface area contributed by atoms with Gasteiger partial charge in [-0.3, -0.25) is 0 Å². The number of nitrogens with zero attached hydrogens (tertiary/aromatic N) is 1. The first-order valence-electron chi connectivity index (χ1n) is 4.37. The summed E-state index contributed by atoms with van der Waals surface area (Å²) in [6.07, 6.45) is 3.28. The van der Waals surface area contributed by atoms with Gasteiger partial charge in [-0.05, 0) is 0 Å². The fraction of sp³-hybridized carbons (Fsp3) is 0.0714. The predicted octanol–water partition coefficient (Wildman–Crippen LogP) is 4.38. The van der Waals surface area contributed by atoms with E-state index in [4.69, 9.17) is 5.26 Å². The zero-order chi connectivity index (χ0) is 12.4. The van der Waals surface area contributed by atoms with E-state index in [-0.39, 0.29) is 0 Å². The van der Waals surface area contributed by atoms with Crippen molar-refractivity contribution >= 4 is 0 Å². The van der Waals surface area contributed by atoms with Gasteiger partial charge >= 0.3 is 0 Å². The lowest BCUT2D eigenvalue weighted by atomic mass is 10.4. The van der Waals surface area contributed by atoms with Crippen LogP contribution in [0.5, 0.6) is 0 Å². The fourth-order valence-electron chi connectivity index (χ4n) is 0.385. The Bertz CT molecular complexity index is 211. The lowest BCUT2D eigenvalue weighted by molar-refractivity contribution is 1.49. The Morgan fingerprint density at radius 2 is 1.00 bits per heavy atom. The van der Waals surface area contributed by atoms with Crippen LogP contribution in [0.15, 0.2) is 74.9 Å². The summed E-state index contributed by atoms with van der Waals surface area (Å²) in [7, 11) is 0. The molecule has 0 saturated heterocycles. The van der Waals surface area contributed by atoms with E-state index in [2.05, 4.69) is 26.3 Å². The Hall–Kier alpha value is -2.07. The molecule has 1 aromatic carbocycles. The largest absolute Gasteiger partial charge is 0.199 e. The Morgan fingerprint density at radius 1 is 0.867 bits per heavy atom. The van der Waals surface area contributed by atoms with Crippen molar-refractivity contribution in [2.45, 2.75) is 6.92 Å². The van der Waals surface area contributed by atoms with Gasteiger partial charge in [-0.1, -0.05) is 61.7 Å². The molecule has 15 heavy (non-hydrogen) atoms. The second-order valence-corrected chi connectivity index (χ2v) is 1.85. The molecule has 0 spiro atoms. The van der Waals surface area contributed by atoms with Gasteiger partial charge in [-0.2, -0.15) is 5.26 Å². The van der Waals surface area contributed by atoms with E-state index in [0.29, 0.717) is 0 Å². The lowest BCUT2D eigenvalue weighted by Gasteiger charge is -1.69. The molecule has 0 aliphatic heterocycles. The number of benzene rings is 1. The van der Waals surface area contributed by atoms with E-state index in [9.17, 15) is 0 Å². The van der Waals surface area contributed by atoms with Crippen molar-refractivity contribution in [2.75, 3.05) is 0 Å². The molecule has 0 unspecified atom stereocenters. The number of hydrogen-bond donors (Lipinski definition) is 0. The molecule has 0 amide bonds. The number of nitriles is 1. The molecule has 1 heteroatoms. The lowest BCUT2D eigenvalue weighted by Crippen LogP contribution is -1.47. The smallest absolute Gasteiger partial charge is 0.0587 e. The number of allylic oxidation sites excluding steroid dienone is 2. The SMILES string of the molecule is C=C.C=CC=C.CC#N.c1ccccc1. The number of hydrogen-bond acceptors (Lipinski definition) is 1. The van der Waals surface area contributed by atoms with Crippen molar-refractivity contribution in [1.29, 1.82) is 5.26 Å². The van der Waals surface area contributed by atoms with Gasteiger partial charge in [-0.25, -0.2) is 0 Å². The van der Waals surface area contributed by atoms with Gasteiger partial charge < -0.3 is 0 Å². The summed E-state index contributed by atoms with van der Waals surface area (Å²) in [4.78, 5) is 0. The van der Waals surface area contributed by atoms with E-state index in [0.717, 1.165) is 0 Å². The molecule has 0 saturated carbocycles. The monoisotopic (exact) mass is 201 g/mol. The molecule has 1 nitrogen and oxygen atoms in total. The third-order valence-corrected chi connectivity index (χ3v) is 0.833. The quantitative estimate of drug-likeness (QED) is 0.488. The highest BCUT2D eigenvalue weighted by Gasteiger charge is 1.57. The number of rotatable bonds is 1. The van der Waals surface area contributed by atoms with Crippen LogP contribution in [0.25, 0.3) is 0 Å². The van der Waals surface area contributed by atoms with E-state index in [1.54, 1.807) is 18.2 Å². The molecule has 0 radical (unpaired) electrons. The highest BCUT2D eigenvalue weighted by atomic mass is 14.2. The highest BCUT2D eigenvalue weighted by Crippen LogP contribution is 1.79. The minimum Gasteiger partial charge on any atom is -0.199 e. The third-order valence-electron chi connectivity index (χ3n) is 0.833. The zero-order valence-corrected chi connectivity index (χ0v) is 9.39. The molecule has 0 aromatic heterocycles. The van der Waals surface area contributed by atoms with Crippen molar-refractivity contribution in [3.63, 3.8) is 0 Å². The van der Waals surface area contributed by atoms with Crippen LogP contribution in [-0.2, 0) is 0 Å². The normalized spacial score (nSPS) is 5.33. The molecule has 0 N–H and O–H groups in total. The van der Waals surface area contributed by atoms with Crippen molar-refractivity contribution in [3.05, 3.63) is 74.9 Å². The first-order valence-corrected chi connectivity index (χ1v) is 4.37. The van der Waals surface area contributed by atoms with Crippen LogP contribution >= 0.6 is 0 Å². The minimum atomic E-state index is 1.43. The molecule has 0 heterocycles. The first-order chi connectivity index (χ1) is 7.33. The van der Waals surface area contributed by atoms with Gasteiger partial charge in [0.15, 0.2) is 0 Å². The van der Waals surface area contributed by atoms with Gasteiger partial charge in [0.1, 0.15) is 0 Å². The molecular formula is C14H19N. The summed E-state index contributed by atoms with van der Waals surface area (Å²) in [6.45, 7) is 14.2. The molecule has 0 aliphatic carbocycles. The summed E-state index contributed by atoms with van der Waals surface area (Å²) >= 11 is 0. The van der Waals surface area contributed by atoms with Gasteiger partial charge in [0.25, 0.3) is 0 Å². The van der Waals surface area contributed by atoms with Gasteiger partial charge in [0.2, 0.25) is 0 Å². The van der Waals surface area contributed by atoms with Crippen molar-refractivity contribution in [3.8, 4) is 6.07 Å². The second-order valence-electron chi connectivity index (χ2n) is 1.85. The fourth-order valence-corrected chi connectivity index (χ4v) is 0.385. The average molecular weight is 201 g/mol. The molecule has 1 rings (SSSR count). The van der Waals surface area contributed by atoms with Gasteiger partial charge in [-0.15, -0.1) is 13.2 Å². The topological polar surface area (TPSA) is 23.8 Å². The standard InChI is InChI=1S/C6H6.C4H6.C2H3N.C2H4/c1-2-4-6-5-3-1;1-3-4-2;1-2-3;1-2/h1-6H;3-4H,1-2H2;1H3;1-2H2. The summed E-state index contributed by atoms with van der Waals surface area (Å²) in [6, 6.07) is 13.8. The summed E-state index contributed by atoms with van der Waals surface area (Å²) in [5.41, 5.74) is 0. The van der Waals surface area contributed by atoms with E-state index in [1.165, 1.54) is 6.92 Å². The van der Waals surface area contributed by atoms with Crippen LogP contribution in [0, 0.1) is 11.3 Å². The Morgan fingerprint density at radius 3 is 1.07 bits per heavy atom. The van der Waals surface area contributed by atoms with Gasteiger partial charge in [0.05, 0.1) is 6.07 Å². The van der Waals surface area contributed by atoms with Crippen LogP contribution < -0.4 is 0 Å². The molecule has 80 valence electrons. The summed E-state index contributed by atoms with van der Waals surface area (Å²) in [5, 5.41) is 7.32. The maximum atomic E-state index is 7.32. The van der Waals surface area contributed by atoms with Crippen LogP contribution in [0.3, 0.4) is 0 Å². The predicted molar refractivity (Wildman–Crippen MR) is 69.4 cm³/mol. The Labute approximate surface area is 93.7 Å². The van der Waals surface area contributed by atoms with Crippen molar-refractivity contribution in [1.82, 2.24) is 0 Å². The minimum absolute atomic E-state index is 1.43. The maximum absolute atomic E-state index is 7.32. The second kappa shape index (κ2) is 29.7. The van der Waals surface area contributed by atoms with Crippen LogP contribution in [0.1, 0.15) is 6.92 Å². The van der Waals surface area contributed by atoms with Crippen LogP contribution in [0.4, 0.5) is 0 Å². The summed E-state index contributed by atoms with van der Waals surface area (Å²) < 4.78 is 0. The van der Waals surface area contributed by atoms with Crippen molar-refractivity contribution in [2.24, 2.45) is 0 Å². The van der Waals surface area contributed by atoms with Gasteiger partial charge in [0, 0.05) is 6.92 Å². The highest BCUT2D eigenvalue weighted by molar-refractivity contribution is 4.99. The molecule has 0 bridgehead atoms. The molecule has 0 fully saturated rings. The molecule has 1 aromatic rings. The van der Waals surface area contributed by atoms with Crippen LogP contribution in [0.2, 0.25) is 0 Å². The third kappa shape index (κ3) is 48.4. The molecular weight excluding hydrogens is 182 g/mol. The Kier molecular flexibility index (Phi) is 36.9. The van der Waals surface area contributed by atoms with E-state index in [1.807, 2.05) is 36.4 Å². The Balaban J connectivity index is -0.000000142. The van der Waals surface area contributed by atoms with E-state index >= 15 is 0 Å². The molecule has 0 aliphatic rings. The average Bonchev–Trinajstić information content (AvgIpc) is 2.35. The van der Waals surface area contributed by atoms with Crippen LogP contribution in [-0.4, -0.2) is 0 Å². The zero-order valence-electron chi connectivity index (χ0n) is 9.39. The van der Waals surface area contributed by atoms with E-state index < -0.39 is 0 Å². The van der Waals surface area contributed by atoms with Crippen molar-refractivity contribution < 1.29 is 0 Å². The maximum Gasteiger partial charge on any atom is 0.0587 e. The molecule has 0 atom stereocenters.